The van der Waals surface area contributed by atoms with Crippen LogP contribution in [0.5, 0.6) is 0 Å². The number of hydrogen-bond donors (Lipinski definition) is 1. The molecule has 2 N–H and O–H groups in total. The number of rotatable bonds is 1. The molecule has 0 radical (unpaired) electrons. The quantitative estimate of drug-likeness (QED) is 0.745. The van der Waals surface area contributed by atoms with Crippen LogP contribution in [-0.4, -0.2) is 14.4 Å². The molecule has 13 heavy (non-hydrogen) atoms. The average Bonchev–Trinajstić information content (AvgIpc) is 2.44. The van der Waals surface area contributed by atoms with Crippen LogP contribution in [0.25, 0.3) is 5.78 Å². The summed E-state index contributed by atoms with van der Waals surface area (Å²) in [5, 5.41) is 0.558. The number of fused-ring (bicyclic) bond motifs is 1. The van der Waals surface area contributed by atoms with Gasteiger partial charge in [0.15, 0.2) is 0 Å². The molecule has 2 aromatic heterocycles. The van der Waals surface area contributed by atoms with Crippen LogP contribution in [0.3, 0.4) is 0 Å². The molecule has 0 spiro atoms. The molecule has 0 saturated heterocycles. The Hall–Kier alpha value is -1.13. The van der Waals surface area contributed by atoms with Crippen LogP contribution in [0, 0.1) is 6.92 Å². The fraction of sp³-hybridized carbons (Fsp3) is 0.250. The van der Waals surface area contributed by atoms with Crippen LogP contribution in [-0.2, 0) is 6.54 Å². The lowest BCUT2D eigenvalue weighted by Crippen LogP contribution is -1.97. The zero-order chi connectivity index (χ0) is 9.42. The number of nitrogens with two attached hydrogens (primary N) is 1. The maximum absolute atomic E-state index is 6.04. The lowest BCUT2D eigenvalue weighted by Gasteiger charge is -1.98. The summed E-state index contributed by atoms with van der Waals surface area (Å²) in [5.41, 5.74) is 7.16. The largest absolute Gasteiger partial charge is 0.325 e. The van der Waals surface area contributed by atoms with Gasteiger partial charge in [0.1, 0.15) is 5.15 Å². The van der Waals surface area contributed by atoms with E-state index in [-0.39, 0.29) is 0 Å². The molecule has 0 saturated carbocycles. The third kappa shape index (κ3) is 1.18. The summed E-state index contributed by atoms with van der Waals surface area (Å²) in [7, 11) is 0. The number of nitrogens with zero attached hydrogens (tertiary/aromatic N) is 3. The molecule has 0 bridgehead atoms. The van der Waals surface area contributed by atoms with Crippen LogP contribution in [0.4, 0.5) is 0 Å². The minimum absolute atomic E-state index is 0.335. The van der Waals surface area contributed by atoms with E-state index in [0.29, 0.717) is 23.2 Å². The Kier molecular flexibility index (Phi) is 1.94. The van der Waals surface area contributed by atoms with Gasteiger partial charge in [-0.3, -0.25) is 4.40 Å². The molecule has 0 amide bonds. The number of halogens is 1. The first kappa shape index (κ1) is 8.47. The molecule has 0 aliphatic heterocycles. The van der Waals surface area contributed by atoms with Gasteiger partial charge in [0.2, 0.25) is 5.78 Å². The van der Waals surface area contributed by atoms with Crippen molar-refractivity contribution in [2.75, 3.05) is 0 Å². The fourth-order valence-corrected chi connectivity index (χ4v) is 1.58. The van der Waals surface area contributed by atoms with Gasteiger partial charge in [-0.25, -0.2) is 9.97 Å². The van der Waals surface area contributed by atoms with Gasteiger partial charge >= 0.3 is 0 Å². The minimum Gasteiger partial charge on any atom is -0.325 e. The molecule has 0 fully saturated rings. The fourth-order valence-electron chi connectivity index (χ4n) is 1.25. The lowest BCUT2D eigenvalue weighted by atomic mass is 10.4. The Bertz CT molecular complexity index is 449. The Balaban J connectivity index is 2.85. The Morgan fingerprint density at radius 2 is 2.38 bits per heavy atom. The van der Waals surface area contributed by atoms with E-state index in [9.17, 15) is 0 Å². The van der Waals surface area contributed by atoms with Crippen LogP contribution >= 0.6 is 11.6 Å². The molecule has 0 unspecified atom stereocenters. The van der Waals surface area contributed by atoms with Gasteiger partial charge in [0.05, 0.1) is 5.69 Å². The summed E-state index contributed by atoms with van der Waals surface area (Å²) in [6.07, 6.45) is 1.70. The maximum Gasteiger partial charge on any atom is 0.235 e. The number of imidazole rings is 1. The number of aryl methyl sites for hydroxylation is 1. The van der Waals surface area contributed by atoms with E-state index < -0.39 is 0 Å². The van der Waals surface area contributed by atoms with E-state index >= 15 is 0 Å². The van der Waals surface area contributed by atoms with Gasteiger partial charge in [-0.1, -0.05) is 11.6 Å². The highest BCUT2D eigenvalue weighted by atomic mass is 35.5. The van der Waals surface area contributed by atoms with Gasteiger partial charge < -0.3 is 5.73 Å². The number of hydrogen-bond acceptors (Lipinski definition) is 3. The molecule has 4 nitrogen and oxygen atoms in total. The van der Waals surface area contributed by atoms with E-state index in [2.05, 4.69) is 9.97 Å². The summed E-state index contributed by atoms with van der Waals surface area (Å²) in [4.78, 5) is 8.27. The molecule has 5 heteroatoms. The van der Waals surface area contributed by atoms with Crippen LogP contribution < -0.4 is 5.73 Å². The first-order valence-electron chi connectivity index (χ1n) is 3.92. The molecular formula is C8H9ClN4. The van der Waals surface area contributed by atoms with Crippen molar-refractivity contribution in [3.05, 3.63) is 28.8 Å². The molecule has 0 aliphatic rings. The predicted octanol–water partition coefficient (Wildman–Crippen LogP) is 1.15. The normalized spacial score (nSPS) is 11.0. The topological polar surface area (TPSA) is 56.2 Å². The number of aromatic nitrogens is 3. The van der Waals surface area contributed by atoms with E-state index in [1.54, 1.807) is 10.6 Å². The summed E-state index contributed by atoms with van der Waals surface area (Å²) >= 11 is 6.04. The minimum atomic E-state index is 0.335. The van der Waals surface area contributed by atoms with Crippen LogP contribution in [0.1, 0.15) is 11.4 Å². The third-order valence-electron chi connectivity index (χ3n) is 1.92. The zero-order valence-electron chi connectivity index (χ0n) is 7.16. The van der Waals surface area contributed by atoms with E-state index in [1.165, 1.54) is 0 Å². The van der Waals surface area contributed by atoms with Crippen LogP contribution in [0.2, 0.25) is 5.15 Å². The summed E-state index contributed by atoms with van der Waals surface area (Å²) in [6, 6.07) is 1.88. The van der Waals surface area contributed by atoms with Gasteiger partial charge in [-0.05, 0) is 13.0 Å². The smallest absolute Gasteiger partial charge is 0.235 e. The SMILES string of the molecule is Cc1ccnc2nc(CN)c(Cl)n12. The molecule has 2 rings (SSSR count). The standard InChI is InChI=1S/C8H9ClN4/c1-5-2-3-11-8-12-6(4-10)7(9)13(5)8/h2-3H,4,10H2,1H3. The van der Waals surface area contributed by atoms with Crippen molar-refractivity contribution in [2.45, 2.75) is 13.5 Å². The van der Waals surface area contributed by atoms with Crippen molar-refractivity contribution in [1.82, 2.24) is 14.4 Å². The highest BCUT2D eigenvalue weighted by Crippen LogP contribution is 2.17. The first-order valence-corrected chi connectivity index (χ1v) is 4.30. The molecular weight excluding hydrogens is 188 g/mol. The highest BCUT2D eigenvalue weighted by Gasteiger charge is 2.10. The molecule has 2 aromatic rings. The van der Waals surface area contributed by atoms with E-state index in [1.807, 2.05) is 13.0 Å². The van der Waals surface area contributed by atoms with Gasteiger partial charge in [-0.15, -0.1) is 0 Å². The second-order valence-corrected chi connectivity index (χ2v) is 3.13. The van der Waals surface area contributed by atoms with Gasteiger partial charge in [0.25, 0.3) is 0 Å². The molecule has 0 aromatic carbocycles. The van der Waals surface area contributed by atoms with Crippen molar-refractivity contribution >= 4 is 17.4 Å². The Labute approximate surface area is 80.4 Å². The highest BCUT2D eigenvalue weighted by molar-refractivity contribution is 6.30. The zero-order valence-corrected chi connectivity index (χ0v) is 7.91. The second-order valence-electron chi connectivity index (χ2n) is 2.78. The lowest BCUT2D eigenvalue weighted by molar-refractivity contribution is 1.01. The molecule has 68 valence electrons. The first-order chi connectivity index (χ1) is 6.24. The van der Waals surface area contributed by atoms with Crippen molar-refractivity contribution in [3.8, 4) is 0 Å². The Morgan fingerprint density at radius 3 is 3.00 bits per heavy atom. The molecule has 0 aliphatic carbocycles. The van der Waals surface area contributed by atoms with E-state index in [0.717, 1.165) is 5.69 Å². The summed E-state index contributed by atoms with van der Waals surface area (Å²) in [6.45, 7) is 2.28. The Morgan fingerprint density at radius 1 is 1.62 bits per heavy atom. The summed E-state index contributed by atoms with van der Waals surface area (Å²) < 4.78 is 1.78. The third-order valence-corrected chi connectivity index (χ3v) is 2.31. The van der Waals surface area contributed by atoms with Crippen molar-refractivity contribution in [1.29, 1.82) is 0 Å². The maximum atomic E-state index is 6.04. The monoisotopic (exact) mass is 196 g/mol. The van der Waals surface area contributed by atoms with Crippen molar-refractivity contribution in [3.63, 3.8) is 0 Å². The van der Waals surface area contributed by atoms with Crippen molar-refractivity contribution in [2.24, 2.45) is 5.73 Å². The van der Waals surface area contributed by atoms with Crippen LogP contribution in [0.15, 0.2) is 12.3 Å². The summed E-state index contributed by atoms with van der Waals surface area (Å²) in [5.74, 6) is 0.602. The average molecular weight is 197 g/mol. The van der Waals surface area contributed by atoms with Gasteiger partial charge in [-0.2, -0.15) is 0 Å². The second kappa shape index (κ2) is 2.97. The van der Waals surface area contributed by atoms with Gasteiger partial charge in [0, 0.05) is 18.4 Å². The predicted molar refractivity (Wildman–Crippen MR) is 50.6 cm³/mol. The molecule has 0 atom stereocenters. The van der Waals surface area contributed by atoms with E-state index in [4.69, 9.17) is 17.3 Å². The van der Waals surface area contributed by atoms with Crippen molar-refractivity contribution < 1.29 is 0 Å². The molecule has 2 heterocycles.